The van der Waals surface area contributed by atoms with Gasteiger partial charge in [-0.1, -0.05) is 0 Å². The molecule has 0 aliphatic carbocycles. The second kappa shape index (κ2) is 7.88. The zero-order valence-corrected chi connectivity index (χ0v) is 16.4. The van der Waals surface area contributed by atoms with E-state index in [0.29, 0.717) is 17.0 Å². The zero-order valence-electron chi connectivity index (χ0n) is 15.6. The third-order valence-corrected chi connectivity index (χ3v) is 5.35. The van der Waals surface area contributed by atoms with E-state index in [1.54, 1.807) is 24.7 Å². The molecule has 28 heavy (non-hydrogen) atoms. The lowest BCUT2D eigenvalue weighted by molar-refractivity contribution is 0.194. The topological polar surface area (TPSA) is 78.8 Å². The van der Waals surface area contributed by atoms with Crippen LogP contribution in [-0.4, -0.2) is 55.4 Å². The summed E-state index contributed by atoms with van der Waals surface area (Å²) in [7, 11) is 1.93. The molecule has 3 aromatic rings. The molecule has 0 atom stereocenters. The highest BCUT2D eigenvalue weighted by atomic mass is 32.1. The van der Waals surface area contributed by atoms with Gasteiger partial charge >= 0.3 is 0 Å². The molecule has 4 rings (SSSR count). The van der Waals surface area contributed by atoms with Crippen molar-refractivity contribution in [2.45, 2.75) is 6.67 Å². The average Bonchev–Trinajstić information content (AvgIpc) is 3.03. The van der Waals surface area contributed by atoms with Crippen LogP contribution >= 0.6 is 12.2 Å². The Morgan fingerprint density at radius 3 is 2.71 bits per heavy atom. The lowest BCUT2D eigenvalue weighted by Crippen LogP contribution is -2.47. The number of pyridine rings is 2. The van der Waals surface area contributed by atoms with Crippen molar-refractivity contribution in [1.29, 1.82) is 5.26 Å². The van der Waals surface area contributed by atoms with Crippen LogP contribution in [0.3, 0.4) is 0 Å². The summed E-state index contributed by atoms with van der Waals surface area (Å²) in [6.45, 7) is 4.08. The van der Waals surface area contributed by atoms with Crippen molar-refractivity contribution in [3.63, 3.8) is 0 Å². The van der Waals surface area contributed by atoms with E-state index in [0.717, 1.165) is 43.4 Å². The second-order valence-corrected chi connectivity index (χ2v) is 7.03. The number of hydrogen-bond acceptors (Lipinski definition) is 7. The van der Waals surface area contributed by atoms with Gasteiger partial charge in [0.05, 0.1) is 18.3 Å². The highest BCUT2D eigenvalue weighted by molar-refractivity contribution is 7.71. The third kappa shape index (κ3) is 3.65. The van der Waals surface area contributed by atoms with Crippen molar-refractivity contribution in [1.82, 2.24) is 29.2 Å². The molecule has 8 nitrogen and oxygen atoms in total. The van der Waals surface area contributed by atoms with E-state index in [9.17, 15) is 0 Å². The van der Waals surface area contributed by atoms with Gasteiger partial charge in [-0.25, -0.2) is 9.67 Å². The van der Waals surface area contributed by atoms with Gasteiger partial charge < -0.3 is 9.47 Å². The van der Waals surface area contributed by atoms with Crippen LogP contribution in [0.2, 0.25) is 0 Å². The Kier molecular flexibility index (Phi) is 5.14. The molecule has 3 aromatic heterocycles. The Morgan fingerprint density at radius 2 is 2.00 bits per heavy atom. The molecular weight excluding hydrogens is 372 g/mol. The minimum atomic E-state index is 0.634. The van der Waals surface area contributed by atoms with E-state index in [1.807, 2.05) is 34.5 Å². The lowest BCUT2D eigenvalue weighted by atomic mass is 10.2. The molecule has 1 fully saturated rings. The first kappa shape index (κ1) is 18.3. The largest absolute Gasteiger partial charge is 0.354 e. The average molecular weight is 392 g/mol. The third-order valence-electron chi connectivity index (χ3n) is 4.87. The van der Waals surface area contributed by atoms with Crippen LogP contribution in [0.4, 0.5) is 5.82 Å². The number of hydrogen-bond donors (Lipinski definition) is 0. The van der Waals surface area contributed by atoms with Crippen molar-refractivity contribution >= 4 is 18.0 Å². The van der Waals surface area contributed by atoms with Crippen LogP contribution in [0.1, 0.15) is 5.56 Å². The van der Waals surface area contributed by atoms with Crippen molar-refractivity contribution in [2.24, 2.45) is 7.05 Å². The maximum absolute atomic E-state index is 9.07. The van der Waals surface area contributed by atoms with Gasteiger partial charge in [-0.05, 0) is 36.5 Å². The molecule has 0 unspecified atom stereocenters. The van der Waals surface area contributed by atoms with Crippen LogP contribution in [-0.2, 0) is 13.7 Å². The zero-order chi connectivity index (χ0) is 19.5. The smallest absolute Gasteiger partial charge is 0.199 e. The monoisotopic (exact) mass is 392 g/mol. The lowest BCUT2D eigenvalue weighted by Gasteiger charge is -2.35. The molecule has 0 saturated carbocycles. The summed E-state index contributed by atoms with van der Waals surface area (Å²) < 4.78 is 4.46. The first-order valence-electron chi connectivity index (χ1n) is 9.03. The molecule has 142 valence electrons. The first-order valence-corrected chi connectivity index (χ1v) is 9.44. The van der Waals surface area contributed by atoms with Crippen molar-refractivity contribution < 1.29 is 0 Å². The molecule has 4 heterocycles. The second-order valence-electron chi connectivity index (χ2n) is 6.67. The predicted octanol–water partition coefficient (Wildman–Crippen LogP) is 2.06. The summed E-state index contributed by atoms with van der Waals surface area (Å²) >= 11 is 5.58. The van der Waals surface area contributed by atoms with E-state index in [2.05, 4.69) is 25.8 Å². The van der Waals surface area contributed by atoms with Gasteiger partial charge in [0, 0.05) is 57.4 Å². The number of anilines is 1. The summed E-state index contributed by atoms with van der Waals surface area (Å²) in [5.74, 6) is 1.67. The highest BCUT2D eigenvalue weighted by Gasteiger charge is 2.20. The number of nitrogens with zero attached hydrogens (tertiary/aromatic N) is 8. The molecule has 0 radical (unpaired) electrons. The Labute approximate surface area is 168 Å². The van der Waals surface area contributed by atoms with E-state index >= 15 is 0 Å². The molecule has 9 heteroatoms. The van der Waals surface area contributed by atoms with Crippen LogP contribution in [0.25, 0.3) is 11.4 Å². The van der Waals surface area contributed by atoms with Crippen LogP contribution in [0.5, 0.6) is 0 Å². The molecule has 0 N–H and O–H groups in total. The number of rotatable bonds is 4. The fourth-order valence-corrected chi connectivity index (χ4v) is 3.48. The van der Waals surface area contributed by atoms with Crippen molar-refractivity contribution in [3.05, 3.63) is 53.2 Å². The number of piperazine rings is 1. The first-order chi connectivity index (χ1) is 13.7. The van der Waals surface area contributed by atoms with E-state index in [1.165, 1.54) is 0 Å². The van der Waals surface area contributed by atoms with Gasteiger partial charge in [0.1, 0.15) is 5.82 Å². The van der Waals surface area contributed by atoms with Gasteiger partial charge in [0.25, 0.3) is 0 Å². The predicted molar refractivity (Wildman–Crippen MR) is 108 cm³/mol. The fraction of sp³-hybridized carbons (Fsp3) is 0.316. The maximum atomic E-state index is 9.07. The van der Waals surface area contributed by atoms with Crippen LogP contribution < -0.4 is 4.90 Å². The van der Waals surface area contributed by atoms with Gasteiger partial charge in [0.15, 0.2) is 10.6 Å². The Bertz CT molecular complexity index is 1060. The summed E-state index contributed by atoms with van der Waals surface area (Å²) in [6, 6.07) is 9.61. The molecule has 1 saturated heterocycles. The van der Waals surface area contributed by atoms with E-state index in [4.69, 9.17) is 22.6 Å². The molecule has 0 bridgehead atoms. The Balaban J connectivity index is 1.44. The minimum absolute atomic E-state index is 0.634. The number of nitriles is 1. The quantitative estimate of drug-likeness (QED) is 0.629. The van der Waals surface area contributed by atoms with Crippen LogP contribution in [0, 0.1) is 16.1 Å². The fourth-order valence-electron chi connectivity index (χ4n) is 3.30. The Hall–Kier alpha value is -3.09. The number of aromatic nitrogens is 5. The molecule has 1 aliphatic rings. The molecule has 1 aliphatic heterocycles. The normalized spacial score (nSPS) is 14.8. The molecule has 0 aromatic carbocycles. The van der Waals surface area contributed by atoms with Gasteiger partial charge in [-0.15, -0.1) is 0 Å². The van der Waals surface area contributed by atoms with Gasteiger partial charge in [-0.2, -0.15) is 10.4 Å². The minimum Gasteiger partial charge on any atom is -0.354 e. The Morgan fingerprint density at radius 1 is 1.18 bits per heavy atom. The van der Waals surface area contributed by atoms with E-state index in [-0.39, 0.29) is 0 Å². The van der Waals surface area contributed by atoms with Gasteiger partial charge in [0.2, 0.25) is 0 Å². The maximum Gasteiger partial charge on any atom is 0.199 e. The molecule has 0 spiro atoms. The molecular formula is C19H20N8S. The summed E-state index contributed by atoms with van der Waals surface area (Å²) in [5, 5.41) is 13.8. The standard InChI is InChI=1S/C19H20N8S/c1-24-18(16-3-2-5-21-13-16)23-27(19(24)28)14-25-7-9-26(10-8-25)17-11-15(12-20)4-6-22-17/h2-6,11,13H,7-10,14H2,1H3. The molecule has 0 amide bonds. The summed E-state index contributed by atoms with van der Waals surface area (Å²) in [4.78, 5) is 13.1. The summed E-state index contributed by atoms with van der Waals surface area (Å²) in [6.07, 6.45) is 5.23. The summed E-state index contributed by atoms with van der Waals surface area (Å²) in [5.41, 5.74) is 1.58. The van der Waals surface area contributed by atoms with Crippen molar-refractivity contribution in [3.8, 4) is 17.5 Å². The SMILES string of the molecule is Cn1c(-c2cccnc2)nn(CN2CCN(c3cc(C#N)ccn3)CC2)c1=S. The highest BCUT2D eigenvalue weighted by Crippen LogP contribution is 2.18. The van der Waals surface area contributed by atoms with Gasteiger partial charge in [-0.3, -0.25) is 9.88 Å². The van der Waals surface area contributed by atoms with Crippen LogP contribution in [0.15, 0.2) is 42.9 Å². The van der Waals surface area contributed by atoms with Crippen molar-refractivity contribution in [2.75, 3.05) is 31.1 Å². The van der Waals surface area contributed by atoms with E-state index < -0.39 is 0 Å².